The zero-order valence-corrected chi connectivity index (χ0v) is 14.2. The molecule has 2 rings (SSSR count). The van der Waals surface area contributed by atoms with E-state index in [-0.39, 0.29) is 5.91 Å². The number of amides is 1. The van der Waals surface area contributed by atoms with Crippen molar-refractivity contribution in [2.45, 2.75) is 6.92 Å². The highest BCUT2D eigenvalue weighted by atomic mass is 35.5. The van der Waals surface area contributed by atoms with E-state index in [1.54, 1.807) is 24.3 Å². The minimum atomic E-state index is -0.00923. The highest BCUT2D eigenvalue weighted by Crippen LogP contribution is 2.13. The molecule has 2 N–H and O–H groups in total. The molecule has 1 saturated heterocycles. The van der Waals surface area contributed by atoms with Gasteiger partial charge < -0.3 is 15.5 Å². The molecule has 0 saturated carbocycles. The lowest BCUT2D eigenvalue weighted by Crippen LogP contribution is -2.52. The van der Waals surface area contributed by atoms with Crippen LogP contribution in [0.15, 0.2) is 24.3 Å². The van der Waals surface area contributed by atoms with Gasteiger partial charge in [0, 0.05) is 43.4 Å². The number of carbonyl (C=O) groups excluding carboxylic acids is 1. The Kier molecular flexibility index (Phi) is 6.42. The quantitative estimate of drug-likeness (QED) is 0.818. The molecular weight excluding hydrogens is 320 g/mol. The SMILES string of the molecule is CCNC(=S)N1CCN(CC(=O)Nc2ccc(Cl)cc2)CC1. The predicted octanol–water partition coefficient (Wildman–Crippen LogP) is 1.79. The summed E-state index contributed by atoms with van der Waals surface area (Å²) in [7, 11) is 0. The Labute approximate surface area is 141 Å². The first kappa shape index (κ1) is 17.0. The van der Waals surface area contributed by atoms with E-state index in [2.05, 4.69) is 20.4 Å². The van der Waals surface area contributed by atoms with Crippen LogP contribution in [-0.4, -0.2) is 60.1 Å². The number of nitrogens with one attached hydrogen (secondary N) is 2. The first-order chi connectivity index (χ1) is 10.6. The molecule has 0 aromatic heterocycles. The van der Waals surface area contributed by atoms with Crippen LogP contribution in [0.25, 0.3) is 0 Å². The number of carbonyl (C=O) groups is 1. The molecule has 22 heavy (non-hydrogen) atoms. The Morgan fingerprint density at radius 3 is 2.45 bits per heavy atom. The van der Waals surface area contributed by atoms with E-state index in [1.807, 2.05) is 6.92 Å². The Hall–Kier alpha value is -1.37. The third kappa shape index (κ3) is 5.12. The number of benzene rings is 1. The van der Waals surface area contributed by atoms with Crippen LogP contribution in [0, 0.1) is 0 Å². The molecule has 1 aromatic rings. The van der Waals surface area contributed by atoms with E-state index in [1.165, 1.54) is 0 Å². The highest BCUT2D eigenvalue weighted by Gasteiger charge is 2.20. The number of rotatable bonds is 4. The van der Waals surface area contributed by atoms with Gasteiger partial charge >= 0.3 is 0 Å². The van der Waals surface area contributed by atoms with Gasteiger partial charge in [0.15, 0.2) is 5.11 Å². The number of thiocarbonyl (C=S) groups is 1. The monoisotopic (exact) mass is 340 g/mol. The second-order valence-electron chi connectivity index (χ2n) is 5.15. The van der Waals surface area contributed by atoms with Gasteiger partial charge in [0.25, 0.3) is 0 Å². The average Bonchev–Trinajstić information content (AvgIpc) is 2.50. The molecule has 7 heteroatoms. The number of hydrogen-bond acceptors (Lipinski definition) is 3. The van der Waals surface area contributed by atoms with Crippen molar-refractivity contribution in [1.82, 2.24) is 15.1 Å². The van der Waals surface area contributed by atoms with E-state index < -0.39 is 0 Å². The maximum Gasteiger partial charge on any atom is 0.238 e. The maximum atomic E-state index is 12.0. The number of anilines is 1. The van der Waals surface area contributed by atoms with Crippen LogP contribution in [0.5, 0.6) is 0 Å². The van der Waals surface area contributed by atoms with Crippen molar-refractivity contribution < 1.29 is 4.79 Å². The lowest BCUT2D eigenvalue weighted by Gasteiger charge is -2.35. The molecule has 0 aliphatic carbocycles. The molecule has 1 aliphatic rings. The van der Waals surface area contributed by atoms with Crippen LogP contribution in [0.2, 0.25) is 5.02 Å². The maximum absolute atomic E-state index is 12.0. The molecule has 0 unspecified atom stereocenters. The molecule has 1 aliphatic heterocycles. The van der Waals surface area contributed by atoms with Crippen molar-refractivity contribution in [3.05, 3.63) is 29.3 Å². The van der Waals surface area contributed by atoms with E-state index in [0.29, 0.717) is 11.6 Å². The lowest BCUT2D eigenvalue weighted by atomic mass is 10.3. The van der Waals surface area contributed by atoms with Crippen molar-refractivity contribution in [3.63, 3.8) is 0 Å². The van der Waals surface area contributed by atoms with Gasteiger partial charge in [-0.1, -0.05) is 11.6 Å². The normalized spacial score (nSPS) is 15.5. The fraction of sp³-hybridized carbons (Fsp3) is 0.467. The topological polar surface area (TPSA) is 47.6 Å². The van der Waals surface area contributed by atoms with E-state index in [9.17, 15) is 4.79 Å². The van der Waals surface area contributed by atoms with Crippen molar-refractivity contribution in [3.8, 4) is 0 Å². The standard InChI is InChI=1S/C15H21ClN4OS/c1-2-17-15(22)20-9-7-19(8-10-20)11-14(21)18-13-5-3-12(16)4-6-13/h3-6H,2,7-11H2,1H3,(H,17,22)(H,18,21). The summed E-state index contributed by atoms with van der Waals surface area (Å²) in [5, 5.41) is 7.49. The Balaban J connectivity index is 1.74. The zero-order valence-electron chi connectivity index (χ0n) is 12.6. The number of nitrogens with zero attached hydrogens (tertiary/aromatic N) is 2. The van der Waals surface area contributed by atoms with E-state index in [4.69, 9.17) is 23.8 Å². The number of halogens is 1. The molecule has 5 nitrogen and oxygen atoms in total. The summed E-state index contributed by atoms with van der Waals surface area (Å²) in [4.78, 5) is 16.3. The summed E-state index contributed by atoms with van der Waals surface area (Å²) < 4.78 is 0. The molecular formula is C15H21ClN4OS. The molecule has 1 aromatic carbocycles. The Morgan fingerprint density at radius 2 is 1.86 bits per heavy atom. The first-order valence-electron chi connectivity index (χ1n) is 7.39. The second-order valence-corrected chi connectivity index (χ2v) is 5.98. The molecule has 0 spiro atoms. The zero-order chi connectivity index (χ0) is 15.9. The number of piperazine rings is 1. The minimum absolute atomic E-state index is 0.00923. The smallest absolute Gasteiger partial charge is 0.238 e. The Morgan fingerprint density at radius 1 is 1.23 bits per heavy atom. The minimum Gasteiger partial charge on any atom is -0.363 e. The van der Waals surface area contributed by atoms with Crippen LogP contribution in [0.1, 0.15) is 6.92 Å². The summed E-state index contributed by atoms with van der Waals surface area (Å²) in [5.41, 5.74) is 0.765. The van der Waals surface area contributed by atoms with Gasteiger partial charge in [-0.25, -0.2) is 0 Å². The summed E-state index contributed by atoms with van der Waals surface area (Å²) in [6.07, 6.45) is 0. The van der Waals surface area contributed by atoms with Gasteiger partial charge in [-0.2, -0.15) is 0 Å². The summed E-state index contributed by atoms with van der Waals surface area (Å²) in [5.74, 6) is -0.00923. The Bertz CT molecular complexity index is 515. The van der Waals surface area contributed by atoms with E-state index >= 15 is 0 Å². The van der Waals surface area contributed by atoms with Crippen molar-refractivity contribution in [2.75, 3.05) is 44.6 Å². The third-order valence-electron chi connectivity index (χ3n) is 3.48. The average molecular weight is 341 g/mol. The predicted molar refractivity (Wildman–Crippen MR) is 94.4 cm³/mol. The van der Waals surface area contributed by atoms with Crippen LogP contribution in [-0.2, 0) is 4.79 Å². The molecule has 120 valence electrons. The fourth-order valence-corrected chi connectivity index (χ4v) is 2.76. The fourth-order valence-electron chi connectivity index (χ4n) is 2.31. The molecule has 0 atom stereocenters. The summed E-state index contributed by atoms with van der Waals surface area (Å²) in [6.45, 7) is 6.62. The second kappa shape index (κ2) is 8.31. The van der Waals surface area contributed by atoms with Crippen LogP contribution in [0.3, 0.4) is 0 Å². The first-order valence-corrected chi connectivity index (χ1v) is 8.17. The van der Waals surface area contributed by atoms with Gasteiger partial charge in [-0.3, -0.25) is 9.69 Å². The van der Waals surface area contributed by atoms with Gasteiger partial charge in [-0.05, 0) is 43.4 Å². The largest absolute Gasteiger partial charge is 0.363 e. The summed E-state index contributed by atoms with van der Waals surface area (Å²) >= 11 is 11.1. The van der Waals surface area contributed by atoms with Gasteiger partial charge in [0.2, 0.25) is 5.91 Å². The van der Waals surface area contributed by atoms with Crippen LogP contribution in [0.4, 0.5) is 5.69 Å². The van der Waals surface area contributed by atoms with Crippen molar-refractivity contribution in [1.29, 1.82) is 0 Å². The van der Waals surface area contributed by atoms with Gasteiger partial charge in [0.1, 0.15) is 0 Å². The van der Waals surface area contributed by atoms with Crippen molar-refractivity contribution >= 4 is 40.5 Å². The van der Waals surface area contributed by atoms with Crippen LogP contribution < -0.4 is 10.6 Å². The molecule has 1 amide bonds. The highest BCUT2D eigenvalue weighted by molar-refractivity contribution is 7.80. The van der Waals surface area contributed by atoms with Crippen LogP contribution >= 0.6 is 23.8 Å². The van der Waals surface area contributed by atoms with Gasteiger partial charge in [0.05, 0.1) is 6.54 Å². The third-order valence-corrected chi connectivity index (χ3v) is 4.14. The lowest BCUT2D eigenvalue weighted by molar-refractivity contribution is -0.117. The molecule has 1 heterocycles. The van der Waals surface area contributed by atoms with E-state index in [0.717, 1.165) is 43.5 Å². The summed E-state index contributed by atoms with van der Waals surface area (Å²) in [6, 6.07) is 7.12. The molecule has 1 fully saturated rings. The van der Waals surface area contributed by atoms with Gasteiger partial charge in [-0.15, -0.1) is 0 Å². The molecule has 0 radical (unpaired) electrons. The van der Waals surface area contributed by atoms with Crippen molar-refractivity contribution in [2.24, 2.45) is 0 Å². The number of hydrogen-bond donors (Lipinski definition) is 2. The molecule has 0 bridgehead atoms.